The van der Waals surface area contributed by atoms with Gasteiger partial charge in [-0.05, 0) is 12.1 Å². The van der Waals surface area contributed by atoms with E-state index in [1.54, 1.807) is 24.6 Å². The molecule has 5 heteroatoms. The number of pyridine rings is 1. The fourth-order valence-corrected chi connectivity index (χ4v) is 1.27. The molecule has 1 aromatic rings. The highest BCUT2D eigenvalue weighted by atomic mass is 32.2. The van der Waals surface area contributed by atoms with E-state index in [1.165, 1.54) is 0 Å². The highest BCUT2D eigenvalue weighted by Gasteiger charge is 1.97. The maximum absolute atomic E-state index is 10.7. The predicted molar refractivity (Wildman–Crippen MR) is 56.1 cm³/mol. The largest absolute Gasteiger partial charge is 0.396 e. The minimum Gasteiger partial charge on any atom is -0.396 e. The van der Waals surface area contributed by atoms with Gasteiger partial charge in [0.15, 0.2) is 0 Å². The molecule has 0 spiro atoms. The zero-order valence-corrected chi connectivity index (χ0v) is 8.30. The van der Waals surface area contributed by atoms with Crippen molar-refractivity contribution < 1.29 is 4.21 Å². The van der Waals surface area contributed by atoms with Crippen LogP contribution in [0, 0.1) is 0 Å². The minimum absolute atomic E-state index is 0.607. The van der Waals surface area contributed by atoms with Gasteiger partial charge in [0.2, 0.25) is 0 Å². The van der Waals surface area contributed by atoms with Crippen LogP contribution >= 0.6 is 0 Å². The molecule has 1 atom stereocenters. The summed E-state index contributed by atoms with van der Waals surface area (Å²) in [5.41, 5.74) is 6.25. The molecule has 0 amide bonds. The number of nitrogens with one attached hydrogen (secondary N) is 1. The number of nitrogen functional groups attached to an aromatic ring is 1. The van der Waals surface area contributed by atoms with Crippen molar-refractivity contribution in [2.45, 2.75) is 0 Å². The average molecular weight is 199 g/mol. The van der Waals surface area contributed by atoms with Crippen LogP contribution in [0.3, 0.4) is 0 Å². The summed E-state index contributed by atoms with van der Waals surface area (Å²) < 4.78 is 10.7. The van der Waals surface area contributed by atoms with Gasteiger partial charge >= 0.3 is 0 Å². The SMILES string of the molecule is CS(=O)CCNc1ncccc1N. The summed E-state index contributed by atoms with van der Waals surface area (Å²) in [6.45, 7) is 0.629. The van der Waals surface area contributed by atoms with Gasteiger partial charge in [-0.2, -0.15) is 0 Å². The second-order valence-corrected chi connectivity index (χ2v) is 4.20. The van der Waals surface area contributed by atoms with E-state index in [1.807, 2.05) is 0 Å². The molecule has 0 saturated carbocycles. The highest BCUT2D eigenvalue weighted by Crippen LogP contribution is 2.11. The molecule has 0 aromatic carbocycles. The first-order valence-electron chi connectivity index (χ1n) is 3.94. The van der Waals surface area contributed by atoms with E-state index in [4.69, 9.17) is 5.73 Å². The number of rotatable bonds is 4. The standard InChI is InChI=1S/C8H13N3OS/c1-13(12)6-5-11-8-7(9)3-2-4-10-8/h2-4H,5-6,9H2,1H3,(H,10,11). The first kappa shape index (κ1) is 9.98. The Labute approximate surface area is 80.0 Å². The van der Waals surface area contributed by atoms with Gasteiger partial charge in [0.1, 0.15) is 5.82 Å². The highest BCUT2D eigenvalue weighted by molar-refractivity contribution is 7.84. The Morgan fingerprint density at radius 3 is 3.08 bits per heavy atom. The van der Waals surface area contributed by atoms with E-state index >= 15 is 0 Å². The molecule has 0 fully saturated rings. The summed E-state index contributed by atoms with van der Waals surface area (Å²) in [5, 5.41) is 3.02. The van der Waals surface area contributed by atoms with E-state index in [9.17, 15) is 4.21 Å². The van der Waals surface area contributed by atoms with Gasteiger partial charge in [0.25, 0.3) is 0 Å². The van der Waals surface area contributed by atoms with Crippen molar-refractivity contribution in [3.8, 4) is 0 Å². The van der Waals surface area contributed by atoms with Crippen LogP contribution in [0.15, 0.2) is 18.3 Å². The first-order valence-corrected chi connectivity index (χ1v) is 5.67. The van der Waals surface area contributed by atoms with Gasteiger partial charge < -0.3 is 11.1 Å². The molecule has 1 aromatic heterocycles. The molecular weight excluding hydrogens is 186 g/mol. The van der Waals surface area contributed by atoms with E-state index in [0.29, 0.717) is 23.8 Å². The van der Waals surface area contributed by atoms with Crippen molar-refractivity contribution in [2.24, 2.45) is 0 Å². The van der Waals surface area contributed by atoms with Gasteiger partial charge in [0.05, 0.1) is 5.69 Å². The predicted octanol–water partition coefficient (Wildman–Crippen LogP) is 0.454. The van der Waals surface area contributed by atoms with Crippen LogP contribution < -0.4 is 11.1 Å². The van der Waals surface area contributed by atoms with Gasteiger partial charge in [0, 0.05) is 35.5 Å². The molecule has 0 radical (unpaired) electrons. The molecule has 0 bridgehead atoms. The molecule has 3 N–H and O–H groups in total. The van der Waals surface area contributed by atoms with E-state index in [-0.39, 0.29) is 0 Å². The lowest BCUT2D eigenvalue weighted by molar-refractivity contribution is 0.687. The van der Waals surface area contributed by atoms with Crippen LogP contribution in [0.4, 0.5) is 11.5 Å². The van der Waals surface area contributed by atoms with E-state index < -0.39 is 10.8 Å². The Balaban J connectivity index is 2.45. The smallest absolute Gasteiger partial charge is 0.149 e. The third kappa shape index (κ3) is 3.42. The van der Waals surface area contributed by atoms with Crippen LogP contribution in [0.1, 0.15) is 0 Å². The van der Waals surface area contributed by atoms with Crippen LogP contribution in [-0.2, 0) is 10.8 Å². The topological polar surface area (TPSA) is 68.0 Å². The van der Waals surface area contributed by atoms with Crippen LogP contribution in [0.5, 0.6) is 0 Å². The lowest BCUT2D eigenvalue weighted by Gasteiger charge is -2.05. The lowest BCUT2D eigenvalue weighted by Crippen LogP contribution is -2.11. The Bertz CT molecular complexity index is 303. The number of anilines is 2. The third-order valence-electron chi connectivity index (χ3n) is 1.52. The normalized spacial score (nSPS) is 12.4. The zero-order valence-electron chi connectivity index (χ0n) is 7.49. The molecule has 0 aliphatic rings. The number of aromatic nitrogens is 1. The van der Waals surface area contributed by atoms with E-state index in [0.717, 1.165) is 0 Å². The van der Waals surface area contributed by atoms with Crippen molar-refractivity contribution in [3.05, 3.63) is 18.3 Å². The molecule has 13 heavy (non-hydrogen) atoms. The molecule has 1 rings (SSSR count). The summed E-state index contributed by atoms with van der Waals surface area (Å²) >= 11 is 0. The quantitative estimate of drug-likeness (QED) is 0.739. The monoisotopic (exact) mass is 199 g/mol. The second-order valence-electron chi connectivity index (χ2n) is 2.65. The Hall–Kier alpha value is -1.10. The zero-order chi connectivity index (χ0) is 9.68. The van der Waals surface area contributed by atoms with Crippen molar-refractivity contribution in [1.82, 2.24) is 4.98 Å². The summed E-state index contributed by atoms with van der Waals surface area (Å²) in [5.74, 6) is 1.27. The van der Waals surface area contributed by atoms with Gasteiger partial charge in [-0.3, -0.25) is 4.21 Å². The van der Waals surface area contributed by atoms with E-state index in [2.05, 4.69) is 10.3 Å². The fourth-order valence-electron chi connectivity index (χ4n) is 0.879. The minimum atomic E-state index is -0.777. The lowest BCUT2D eigenvalue weighted by atomic mass is 10.4. The molecular formula is C8H13N3OS. The second kappa shape index (κ2) is 4.81. The Morgan fingerprint density at radius 1 is 1.69 bits per heavy atom. The van der Waals surface area contributed by atoms with Gasteiger partial charge in [-0.1, -0.05) is 0 Å². The van der Waals surface area contributed by atoms with Crippen LogP contribution in [0.2, 0.25) is 0 Å². The number of hydrogen-bond acceptors (Lipinski definition) is 4. The number of nitrogens with two attached hydrogens (primary N) is 1. The summed E-state index contributed by atoms with van der Waals surface area (Å²) in [6.07, 6.45) is 3.34. The summed E-state index contributed by atoms with van der Waals surface area (Å²) in [6, 6.07) is 3.55. The summed E-state index contributed by atoms with van der Waals surface area (Å²) in [4.78, 5) is 4.04. The van der Waals surface area contributed by atoms with Crippen molar-refractivity contribution >= 4 is 22.3 Å². The first-order chi connectivity index (χ1) is 6.20. The third-order valence-corrected chi connectivity index (χ3v) is 2.30. The average Bonchev–Trinajstić information content (AvgIpc) is 2.08. The Morgan fingerprint density at radius 2 is 2.46 bits per heavy atom. The maximum Gasteiger partial charge on any atom is 0.149 e. The molecule has 0 saturated heterocycles. The van der Waals surface area contributed by atoms with Crippen molar-refractivity contribution in [3.63, 3.8) is 0 Å². The number of hydrogen-bond donors (Lipinski definition) is 2. The molecule has 72 valence electrons. The molecule has 0 aliphatic carbocycles. The molecule has 4 nitrogen and oxygen atoms in total. The van der Waals surface area contributed by atoms with Gasteiger partial charge in [-0.15, -0.1) is 0 Å². The molecule has 0 aliphatic heterocycles. The Kier molecular flexibility index (Phi) is 3.70. The van der Waals surface area contributed by atoms with Crippen LogP contribution in [0.25, 0.3) is 0 Å². The van der Waals surface area contributed by atoms with Gasteiger partial charge in [-0.25, -0.2) is 4.98 Å². The molecule has 1 unspecified atom stereocenters. The summed E-state index contributed by atoms with van der Waals surface area (Å²) in [7, 11) is -0.777. The van der Waals surface area contributed by atoms with Crippen LogP contribution in [-0.4, -0.2) is 27.7 Å². The number of nitrogens with zero attached hydrogens (tertiary/aromatic N) is 1. The van der Waals surface area contributed by atoms with Crippen molar-refractivity contribution in [2.75, 3.05) is 29.6 Å². The maximum atomic E-state index is 10.7. The molecule has 1 heterocycles. The fraction of sp³-hybridized carbons (Fsp3) is 0.375. The van der Waals surface area contributed by atoms with Crippen molar-refractivity contribution in [1.29, 1.82) is 0 Å².